The van der Waals surface area contributed by atoms with Gasteiger partial charge in [0.25, 0.3) is 11.8 Å². The number of hydrogen-bond donors (Lipinski definition) is 2. The molecule has 0 spiro atoms. The van der Waals surface area contributed by atoms with Crippen molar-refractivity contribution in [3.8, 4) is 11.6 Å². The Balaban J connectivity index is 1.41. The Bertz CT molecular complexity index is 966. The first-order chi connectivity index (χ1) is 14.6. The van der Waals surface area contributed by atoms with Crippen LogP contribution in [-0.4, -0.2) is 41.1 Å². The van der Waals surface area contributed by atoms with Gasteiger partial charge in [-0.15, -0.1) is 0 Å². The molecule has 2 amide bonds. The van der Waals surface area contributed by atoms with Gasteiger partial charge in [-0.25, -0.2) is 9.37 Å². The number of aromatic nitrogens is 1. The number of benzene rings is 1. The first-order valence-electron chi connectivity index (χ1n) is 9.50. The molecule has 0 unspecified atom stereocenters. The minimum Gasteiger partial charge on any atom is -0.484 e. The van der Waals surface area contributed by atoms with Crippen LogP contribution in [0.2, 0.25) is 10.0 Å². The van der Waals surface area contributed by atoms with Gasteiger partial charge < -0.3 is 20.1 Å². The fraction of sp³-hybridized carbons (Fsp3) is 0.381. The highest BCUT2D eigenvalue weighted by atomic mass is 35.5. The zero-order valence-electron chi connectivity index (χ0n) is 17.0. The van der Waals surface area contributed by atoms with Gasteiger partial charge in [-0.05, 0) is 44.9 Å². The molecule has 0 radical (unpaired) electrons. The number of halogens is 3. The van der Waals surface area contributed by atoms with Crippen molar-refractivity contribution in [2.45, 2.75) is 37.8 Å². The fourth-order valence-corrected chi connectivity index (χ4v) is 4.12. The monoisotopic (exact) mass is 469 g/mol. The molecule has 0 bridgehead atoms. The van der Waals surface area contributed by atoms with Gasteiger partial charge in [0.1, 0.15) is 11.6 Å². The van der Waals surface area contributed by atoms with Gasteiger partial charge >= 0.3 is 0 Å². The van der Waals surface area contributed by atoms with E-state index in [-0.39, 0.29) is 35.8 Å². The van der Waals surface area contributed by atoms with E-state index in [1.165, 1.54) is 18.3 Å². The first kappa shape index (κ1) is 23.1. The summed E-state index contributed by atoms with van der Waals surface area (Å²) in [7, 11) is 0. The maximum Gasteiger partial charge on any atom is 0.258 e. The number of pyridine rings is 1. The Kier molecular flexibility index (Phi) is 6.91. The van der Waals surface area contributed by atoms with Crippen molar-refractivity contribution in [1.29, 1.82) is 0 Å². The summed E-state index contributed by atoms with van der Waals surface area (Å²) in [5.41, 5.74) is -0.970. The van der Waals surface area contributed by atoms with Crippen LogP contribution in [-0.2, 0) is 9.59 Å². The van der Waals surface area contributed by atoms with Crippen LogP contribution in [0.3, 0.4) is 0 Å². The molecule has 0 saturated heterocycles. The molecule has 1 heterocycles. The third-order valence-corrected chi connectivity index (χ3v) is 5.29. The number of hydrogen-bond acceptors (Lipinski definition) is 5. The quantitative estimate of drug-likeness (QED) is 0.617. The molecule has 10 heteroatoms. The lowest BCUT2D eigenvalue weighted by Gasteiger charge is -2.53. The van der Waals surface area contributed by atoms with Gasteiger partial charge in [-0.3, -0.25) is 9.59 Å². The number of ether oxygens (including phenoxy) is 2. The van der Waals surface area contributed by atoms with Gasteiger partial charge in [0.2, 0.25) is 5.88 Å². The van der Waals surface area contributed by atoms with E-state index >= 15 is 0 Å². The Labute approximate surface area is 189 Å². The maximum absolute atomic E-state index is 13.4. The standard InChI is InChI=1S/C21H22Cl2FN3O4/c1-20(26-17(28)9-30-14-4-5-15(23)16(24)7-14)11-21(2,12-20)27-18(29)10-31-19-6-3-13(22)8-25-19/h3-8H,9-12H2,1-2H3,(H,26,28)(H,27,29). The Morgan fingerprint density at radius 2 is 1.65 bits per heavy atom. The Hall–Kier alpha value is -2.58. The lowest BCUT2D eigenvalue weighted by Crippen LogP contribution is -2.69. The van der Waals surface area contributed by atoms with Crippen LogP contribution in [0.5, 0.6) is 11.6 Å². The van der Waals surface area contributed by atoms with Crippen LogP contribution in [0.1, 0.15) is 26.7 Å². The molecule has 1 aliphatic carbocycles. The minimum atomic E-state index is -0.618. The number of nitrogens with zero attached hydrogens (tertiary/aromatic N) is 1. The van der Waals surface area contributed by atoms with Crippen LogP contribution in [0.15, 0.2) is 36.5 Å². The molecule has 1 saturated carbocycles. The van der Waals surface area contributed by atoms with Gasteiger partial charge in [0.15, 0.2) is 13.2 Å². The van der Waals surface area contributed by atoms with E-state index in [9.17, 15) is 14.0 Å². The smallest absolute Gasteiger partial charge is 0.258 e. The zero-order valence-corrected chi connectivity index (χ0v) is 18.5. The van der Waals surface area contributed by atoms with Crippen LogP contribution in [0.4, 0.5) is 4.39 Å². The summed E-state index contributed by atoms with van der Waals surface area (Å²) < 4.78 is 24.1. The number of nitrogens with one attached hydrogen (secondary N) is 2. The number of rotatable bonds is 8. The molecule has 0 aliphatic heterocycles. The zero-order chi connectivity index (χ0) is 22.6. The molecule has 1 aromatic carbocycles. The topological polar surface area (TPSA) is 89.6 Å². The van der Waals surface area contributed by atoms with Crippen LogP contribution in [0, 0.1) is 5.82 Å². The number of carbonyl (C=O) groups is 2. The molecule has 0 atom stereocenters. The summed E-state index contributed by atoms with van der Waals surface area (Å²) in [4.78, 5) is 28.4. The highest BCUT2D eigenvalue weighted by molar-refractivity contribution is 6.30. The second kappa shape index (κ2) is 9.28. The molecule has 2 aromatic rings. The van der Waals surface area contributed by atoms with Crippen LogP contribution >= 0.6 is 23.2 Å². The fourth-order valence-electron chi connectivity index (χ4n) is 3.90. The van der Waals surface area contributed by atoms with E-state index in [1.54, 1.807) is 12.1 Å². The number of carbonyl (C=O) groups excluding carboxylic acids is 2. The third-order valence-electron chi connectivity index (χ3n) is 4.76. The Morgan fingerprint density at radius 1 is 1.03 bits per heavy atom. The second-order valence-electron chi connectivity index (χ2n) is 8.04. The lowest BCUT2D eigenvalue weighted by molar-refractivity contribution is -0.129. The average Bonchev–Trinajstić information content (AvgIpc) is 2.67. The highest BCUT2D eigenvalue weighted by Gasteiger charge is 2.50. The minimum absolute atomic E-state index is 0.0186. The summed E-state index contributed by atoms with van der Waals surface area (Å²) in [6.07, 6.45) is 2.50. The van der Waals surface area contributed by atoms with E-state index in [0.29, 0.717) is 23.7 Å². The van der Waals surface area contributed by atoms with Crippen molar-refractivity contribution < 1.29 is 23.5 Å². The molecule has 1 fully saturated rings. The van der Waals surface area contributed by atoms with Gasteiger partial charge in [-0.1, -0.05) is 23.2 Å². The van der Waals surface area contributed by atoms with Crippen LogP contribution in [0.25, 0.3) is 0 Å². The summed E-state index contributed by atoms with van der Waals surface area (Å²) in [6.45, 7) is 3.34. The normalized spacial score (nSPS) is 22.2. The van der Waals surface area contributed by atoms with Crippen molar-refractivity contribution >= 4 is 35.0 Å². The van der Waals surface area contributed by atoms with Crippen molar-refractivity contribution in [2.75, 3.05) is 13.2 Å². The van der Waals surface area contributed by atoms with Crippen molar-refractivity contribution in [3.63, 3.8) is 0 Å². The maximum atomic E-state index is 13.4. The van der Waals surface area contributed by atoms with Gasteiger partial charge in [0.05, 0.1) is 10.0 Å². The predicted molar refractivity (Wildman–Crippen MR) is 114 cm³/mol. The molecule has 1 aromatic heterocycles. The summed E-state index contributed by atoms with van der Waals surface area (Å²) in [5, 5.41) is 6.27. The molecule has 166 valence electrons. The third kappa shape index (κ3) is 6.45. The van der Waals surface area contributed by atoms with E-state index in [2.05, 4.69) is 15.6 Å². The van der Waals surface area contributed by atoms with Crippen molar-refractivity contribution in [1.82, 2.24) is 15.6 Å². The molecular formula is C21H22Cl2FN3O4. The highest BCUT2D eigenvalue weighted by Crippen LogP contribution is 2.40. The first-order valence-corrected chi connectivity index (χ1v) is 10.3. The molecule has 7 nitrogen and oxygen atoms in total. The van der Waals surface area contributed by atoms with E-state index in [0.717, 1.165) is 6.07 Å². The second-order valence-corrected chi connectivity index (χ2v) is 8.88. The molecular weight excluding hydrogens is 448 g/mol. The molecule has 2 N–H and O–H groups in total. The Morgan fingerprint density at radius 3 is 2.19 bits per heavy atom. The van der Waals surface area contributed by atoms with Crippen molar-refractivity contribution in [2.24, 2.45) is 0 Å². The van der Waals surface area contributed by atoms with Gasteiger partial charge in [0, 0.05) is 29.4 Å². The molecule has 31 heavy (non-hydrogen) atoms. The SMILES string of the molecule is CC1(NC(=O)COc2ccc(Cl)c(F)c2)CC(C)(NC(=O)COc2ccc(Cl)cn2)C1. The summed E-state index contributed by atoms with van der Waals surface area (Å²) >= 11 is 11.4. The summed E-state index contributed by atoms with van der Waals surface area (Å²) in [6, 6.07) is 7.16. The predicted octanol–water partition coefficient (Wildman–Crippen LogP) is 3.53. The van der Waals surface area contributed by atoms with Crippen molar-refractivity contribution in [3.05, 3.63) is 52.4 Å². The average molecular weight is 470 g/mol. The summed E-state index contributed by atoms with van der Waals surface area (Å²) in [5.74, 6) is -0.740. The lowest BCUT2D eigenvalue weighted by atomic mass is 9.64. The molecule has 3 rings (SSSR count). The van der Waals surface area contributed by atoms with Crippen LogP contribution < -0.4 is 20.1 Å². The van der Waals surface area contributed by atoms with E-state index in [1.807, 2.05) is 13.8 Å². The largest absolute Gasteiger partial charge is 0.484 e. The van der Waals surface area contributed by atoms with E-state index < -0.39 is 16.9 Å². The van der Waals surface area contributed by atoms with Gasteiger partial charge in [-0.2, -0.15) is 0 Å². The number of amides is 2. The molecule has 1 aliphatic rings. The van der Waals surface area contributed by atoms with E-state index in [4.69, 9.17) is 32.7 Å².